The number of carbonyl (C=O) groups excluding carboxylic acids is 2. The van der Waals surface area contributed by atoms with E-state index in [-0.39, 0.29) is 13.1 Å². The lowest BCUT2D eigenvalue weighted by molar-refractivity contribution is 0.0402. The third-order valence-corrected chi connectivity index (χ3v) is 5.67. The second kappa shape index (κ2) is 14.9. The molecular weight excluding hydrogens is 498 g/mol. The molecule has 0 bridgehead atoms. The molecule has 5 N–H and O–H groups in total. The van der Waals surface area contributed by atoms with E-state index >= 15 is 0 Å². The number of aliphatic hydroxyl groups excluding tert-OH is 2. The first-order valence-electron chi connectivity index (χ1n) is 13.4. The van der Waals surface area contributed by atoms with E-state index in [9.17, 15) is 19.8 Å². The van der Waals surface area contributed by atoms with Crippen LogP contribution in [-0.2, 0) is 22.3 Å². The zero-order valence-corrected chi connectivity index (χ0v) is 23.9. The molecule has 9 heteroatoms. The van der Waals surface area contributed by atoms with Crippen LogP contribution < -0.4 is 16.0 Å². The minimum absolute atomic E-state index is 0.0425. The zero-order valence-electron chi connectivity index (χ0n) is 23.9. The molecule has 0 radical (unpaired) electrons. The number of amides is 2. The number of hydrogen-bond acceptors (Lipinski definition) is 7. The number of aliphatic hydroxyl groups is 2. The Hall–Kier alpha value is -3.14. The van der Waals surface area contributed by atoms with Gasteiger partial charge >= 0.3 is 12.2 Å². The van der Waals surface area contributed by atoms with E-state index < -0.39 is 47.7 Å². The van der Waals surface area contributed by atoms with Crippen molar-refractivity contribution in [2.45, 2.75) is 89.9 Å². The molecule has 216 valence electrons. The summed E-state index contributed by atoms with van der Waals surface area (Å²) in [6, 6.07) is 18.0. The molecule has 0 aliphatic heterocycles. The maximum Gasteiger partial charge on any atom is 0.407 e. The minimum atomic E-state index is -0.998. The van der Waals surface area contributed by atoms with E-state index in [1.54, 1.807) is 41.5 Å². The summed E-state index contributed by atoms with van der Waals surface area (Å²) in [6.45, 7) is 10.7. The van der Waals surface area contributed by atoms with Crippen LogP contribution in [0.5, 0.6) is 0 Å². The number of carbonyl (C=O) groups is 2. The summed E-state index contributed by atoms with van der Waals surface area (Å²) >= 11 is 0. The lowest BCUT2D eigenvalue weighted by Gasteiger charge is -2.30. The van der Waals surface area contributed by atoms with Crippen molar-refractivity contribution in [2.75, 3.05) is 13.1 Å². The summed E-state index contributed by atoms with van der Waals surface area (Å²) in [4.78, 5) is 24.7. The Kier molecular flexibility index (Phi) is 12.2. The van der Waals surface area contributed by atoms with Crippen LogP contribution in [0, 0.1) is 0 Å². The number of benzene rings is 2. The van der Waals surface area contributed by atoms with Crippen molar-refractivity contribution in [3.05, 3.63) is 71.8 Å². The molecule has 4 atom stereocenters. The first-order chi connectivity index (χ1) is 18.2. The van der Waals surface area contributed by atoms with Gasteiger partial charge in [-0.3, -0.25) is 0 Å². The summed E-state index contributed by atoms with van der Waals surface area (Å²) in [7, 11) is 0. The average molecular weight is 544 g/mol. The molecule has 2 amide bonds. The van der Waals surface area contributed by atoms with E-state index in [2.05, 4.69) is 16.0 Å². The summed E-state index contributed by atoms with van der Waals surface area (Å²) in [5.41, 5.74) is 0.584. The van der Waals surface area contributed by atoms with Gasteiger partial charge in [-0.15, -0.1) is 0 Å². The Morgan fingerprint density at radius 1 is 0.692 bits per heavy atom. The van der Waals surface area contributed by atoms with Gasteiger partial charge in [0.2, 0.25) is 0 Å². The van der Waals surface area contributed by atoms with E-state index in [0.717, 1.165) is 11.1 Å². The maximum atomic E-state index is 12.5. The SMILES string of the molecule is CC(C)(C)OC(=O)NC[C@@H](O)[C@@H](Cc1ccccc1)NC[C@@H](O)[C@H](Cc1ccccc1)NC(=O)OC(C)(C)C. The predicted octanol–water partition coefficient (Wildman–Crippen LogP) is 3.57. The van der Waals surface area contributed by atoms with Gasteiger partial charge in [-0.1, -0.05) is 60.7 Å². The highest BCUT2D eigenvalue weighted by molar-refractivity contribution is 5.68. The number of hydrogen-bond donors (Lipinski definition) is 5. The fraction of sp³-hybridized carbons (Fsp3) is 0.533. The van der Waals surface area contributed by atoms with Crippen molar-refractivity contribution in [2.24, 2.45) is 0 Å². The van der Waals surface area contributed by atoms with Gasteiger partial charge in [0.05, 0.1) is 18.2 Å². The summed E-state index contributed by atoms with van der Waals surface area (Å²) < 4.78 is 10.7. The van der Waals surface area contributed by atoms with Crippen LogP contribution in [0.15, 0.2) is 60.7 Å². The van der Waals surface area contributed by atoms with Crippen molar-refractivity contribution in [1.82, 2.24) is 16.0 Å². The summed E-state index contributed by atoms with van der Waals surface area (Å²) in [6.07, 6.45) is -2.38. The second-order valence-electron chi connectivity index (χ2n) is 11.7. The molecule has 0 aromatic heterocycles. The van der Waals surface area contributed by atoms with E-state index in [1.165, 1.54) is 0 Å². The van der Waals surface area contributed by atoms with E-state index in [1.807, 2.05) is 60.7 Å². The van der Waals surface area contributed by atoms with Crippen molar-refractivity contribution in [3.8, 4) is 0 Å². The van der Waals surface area contributed by atoms with E-state index in [4.69, 9.17) is 9.47 Å². The monoisotopic (exact) mass is 543 g/mol. The molecule has 0 aliphatic rings. The molecule has 2 rings (SSSR count). The number of rotatable bonds is 12. The van der Waals surface area contributed by atoms with Gasteiger partial charge in [-0.05, 0) is 65.5 Å². The van der Waals surface area contributed by atoms with Gasteiger partial charge in [0, 0.05) is 19.1 Å². The highest BCUT2D eigenvalue weighted by atomic mass is 16.6. The van der Waals surface area contributed by atoms with Crippen molar-refractivity contribution in [1.29, 1.82) is 0 Å². The number of ether oxygens (including phenoxy) is 2. The van der Waals surface area contributed by atoms with Crippen molar-refractivity contribution >= 4 is 12.2 Å². The number of nitrogens with one attached hydrogen (secondary N) is 3. The molecule has 2 aromatic rings. The normalized spacial score (nSPS) is 15.0. The second-order valence-corrected chi connectivity index (χ2v) is 11.7. The molecule has 0 spiro atoms. The smallest absolute Gasteiger partial charge is 0.407 e. The Bertz CT molecular complexity index is 1000. The van der Waals surface area contributed by atoms with Crippen molar-refractivity contribution < 1.29 is 29.3 Å². The van der Waals surface area contributed by atoms with Crippen LogP contribution in [0.4, 0.5) is 9.59 Å². The standard InChI is InChI=1S/C30H45N3O6/c1-29(2,3)38-27(36)32-20-25(34)23(17-21-13-9-7-10-14-21)31-19-26(35)24(18-22-15-11-8-12-16-22)33-28(37)39-30(4,5)6/h7-16,23-26,31,34-35H,17-20H2,1-6H3,(H,32,36)(H,33,37)/t23-,24+,25-,26-/m1/s1. The first kappa shape index (κ1) is 32.1. The topological polar surface area (TPSA) is 129 Å². The molecule has 0 saturated heterocycles. The molecule has 0 unspecified atom stereocenters. The third-order valence-electron chi connectivity index (χ3n) is 5.67. The van der Waals surface area contributed by atoms with Crippen LogP contribution in [0.1, 0.15) is 52.7 Å². The molecule has 0 aliphatic carbocycles. The average Bonchev–Trinajstić information content (AvgIpc) is 2.83. The molecule has 2 aromatic carbocycles. The Morgan fingerprint density at radius 3 is 1.62 bits per heavy atom. The predicted molar refractivity (Wildman–Crippen MR) is 151 cm³/mol. The summed E-state index contributed by atoms with van der Waals surface area (Å²) in [5.74, 6) is 0. The third kappa shape index (κ3) is 13.5. The van der Waals surface area contributed by atoms with Gasteiger partial charge in [0.15, 0.2) is 0 Å². The zero-order chi connectivity index (χ0) is 29.1. The molecular formula is C30H45N3O6. The van der Waals surface area contributed by atoms with Crippen LogP contribution >= 0.6 is 0 Å². The van der Waals surface area contributed by atoms with Crippen LogP contribution in [0.2, 0.25) is 0 Å². The molecule has 0 fully saturated rings. The lowest BCUT2D eigenvalue weighted by atomic mass is 9.98. The Morgan fingerprint density at radius 2 is 1.13 bits per heavy atom. The Balaban J connectivity index is 2.11. The largest absolute Gasteiger partial charge is 0.444 e. The van der Waals surface area contributed by atoms with Gasteiger partial charge in [0.1, 0.15) is 11.2 Å². The molecule has 9 nitrogen and oxygen atoms in total. The summed E-state index contributed by atoms with van der Waals surface area (Å²) in [5, 5.41) is 30.8. The van der Waals surface area contributed by atoms with Crippen LogP contribution in [0.3, 0.4) is 0 Å². The fourth-order valence-electron chi connectivity index (χ4n) is 3.88. The molecule has 39 heavy (non-hydrogen) atoms. The number of alkyl carbamates (subject to hydrolysis) is 2. The minimum Gasteiger partial charge on any atom is -0.444 e. The molecule has 0 saturated carbocycles. The Labute approximate surface area is 232 Å². The lowest BCUT2D eigenvalue weighted by Crippen LogP contribution is -2.54. The van der Waals surface area contributed by atoms with Crippen molar-refractivity contribution in [3.63, 3.8) is 0 Å². The molecule has 0 heterocycles. The van der Waals surface area contributed by atoms with Gasteiger partial charge in [-0.25, -0.2) is 9.59 Å². The first-order valence-corrected chi connectivity index (χ1v) is 13.4. The van der Waals surface area contributed by atoms with Gasteiger partial charge in [0.25, 0.3) is 0 Å². The van der Waals surface area contributed by atoms with Crippen LogP contribution in [0.25, 0.3) is 0 Å². The van der Waals surface area contributed by atoms with Crippen LogP contribution in [-0.4, -0.2) is 71.0 Å². The highest BCUT2D eigenvalue weighted by Gasteiger charge is 2.28. The van der Waals surface area contributed by atoms with Gasteiger partial charge in [-0.2, -0.15) is 0 Å². The fourth-order valence-corrected chi connectivity index (χ4v) is 3.88. The van der Waals surface area contributed by atoms with Gasteiger partial charge < -0.3 is 35.6 Å². The van der Waals surface area contributed by atoms with E-state index in [0.29, 0.717) is 12.8 Å². The highest BCUT2D eigenvalue weighted by Crippen LogP contribution is 2.12. The quantitative estimate of drug-likeness (QED) is 0.277. The maximum absolute atomic E-state index is 12.5.